The summed E-state index contributed by atoms with van der Waals surface area (Å²) in [4.78, 5) is 39.8. The van der Waals surface area contributed by atoms with Gasteiger partial charge in [-0.25, -0.2) is 4.39 Å². The highest BCUT2D eigenvalue weighted by atomic mass is 19.1. The van der Waals surface area contributed by atoms with Crippen molar-refractivity contribution in [1.82, 2.24) is 10.3 Å². The maximum atomic E-state index is 13.3. The molecular formula is C26H25FN4O4. The molecule has 0 saturated heterocycles. The molecule has 0 bridgehead atoms. The van der Waals surface area contributed by atoms with Crippen LogP contribution in [0.2, 0.25) is 0 Å². The van der Waals surface area contributed by atoms with Crippen molar-refractivity contribution in [3.8, 4) is 5.75 Å². The Morgan fingerprint density at radius 1 is 1.00 bits per heavy atom. The Morgan fingerprint density at radius 2 is 1.74 bits per heavy atom. The maximum absolute atomic E-state index is 13.3. The summed E-state index contributed by atoms with van der Waals surface area (Å²) >= 11 is 0. The Kier molecular flexibility index (Phi) is 9.18. The second kappa shape index (κ2) is 12.7. The molecule has 0 aliphatic rings. The lowest BCUT2D eigenvalue weighted by atomic mass is 10.0. The van der Waals surface area contributed by atoms with Crippen molar-refractivity contribution in [2.24, 2.45) is 5.18 Å². The molecule has 2 amide bonds. The van der Waals surface area contributed by atoms with Crippen molar-refractivity contribution in [2.45, 2.75) is 25.7 Å². The molecule has 0 aliphatic heterocycles. The second-order valence-electron chi connectivity index (χ2n) is 7.75. The van der Waals surface area contributed by atoms with E-state index >= 15 is 0 Å². The number of carbonyl (C=O) groups excluding carboxylic acids is 2. The van der Waals surface area contributed by atoms with Crippen LogP contribution < -0.4 is 10.6 Å². The smallest absolute Gasteiger partial charge is 0.251 e. The lowest BCUT2D eigenvalue weighted by molar-refractivity contribution is -0.117. The third-order valence-corrected chi connectivity index (χ3v) is 5.14. The molecule has 0 fully saturated rings. The first-order chi connectivity index (χ1) is 17.0. The van der Waals surface area contributed by atoms with Gasteiger partial charge in [-0.1, -0.05) is 18.6 Å². The molecule has 35 heavy (non-hydrogen) atoms. The van der Waals surface area contributed by atoms with E-state index in [0.717, 1.165) is 5.56 Å². The second-order valence-corrected chi connectivity index (χ2v) is 7.75. The lowest BCUT2D eigenvalue weighted by Crippen LogP contribution is -2.25. The van der Waals surface area contributed by atoms with Crippen LogP contribution in [0.5, 0.6) is 5.75 Å². The van der Waals surface area contributed by atoms with Crippen molar-refractivity contribution in [1.29, 1.82) is 0 Å². The summed E-state index contributed by atoms with van der Waals surface area (Å²) in [6.45, 7) is 0.409. The molecule has 3 aromatic rings. The predicted molar refractivity (Wildman–Crippen MR) is 132 cm³/mol. The van der Waals surface area contributed by atoms with E-state index < -0.39 is 0 Å². The van der Waals surface area contributed by atoms with Gasteiger partial charge < -0.3 is 15.7 Å². The van der Waals surface area contributed by atoms with Crippen molar-refractivity contribution in [2.75, 3.05) is 11.9 Å². The van der Waals surface area contributed by atoms with E-state index in [9.17, 15) is 24.0 Å². The number of halogens is 1. The number of unbranched alkanes of at least 4 members (excludes halogenated alkanes) is 2. The molecule has 9 heteroatoms. The molecule has 0 saturated carbocycles. The maximum Gasteiger partial charge on any atom is 0.251 e. The molecule has 180 valence electrons. The number of phenols is 1. The fourth-order valence-electron chi connectivity index (χ4n) is 3.33. The fourth-order valence-corrected chi connectivity index (χ4v) is 3.33. The molecule has 3 rings (SSSR count). The standard InChI is InChI=1S/C26H25FN4O4/c27-20-7-5-19(6-8-20)22(16-18-11-14-28-15-12-18)26(34)29-13-3-1-2-4-25(33)30-23-10-9-21(32)17-24(23)31-35/h5-12,14-17,32H,1-4,13H2,(H,29,34)(H,30,33)/b22-16-. The number of hydrogen-bond donors (Lipinski definition) is 3. The van der Waals surface area contributed by atoms with Crippen molar-refractivity contribution < 1.29 is 19.1 Å². The number of anilines is 1. The zero-order chi connectivity index (χ0) is 25.0. The third-order valence-electron chi connectivity index (χ3n) is 5.14. The molecule has 8 nitrogen and oxygen atoms in total. The third kappa shape index (κ3) is 7.85. The number of amides is 2. The Balaban J connectivity index is 1.47. The summed E-state index contributed by atoms with van der Waals surface area (Å²) in [7, 11) is 0. The van der Waals surface area contributed by atoms with Crippen LogP contribution >= 0.6 is 0 Å². The van der Waals surface area contributed by atoms with Gasteiger partial charge in [0.2, 0.25) is 5.91 Å². The summed E-state index contributed by atoms with van der Waals surface area (Å²) in [5.41, 5.74) is 1.99. The highest BCUT2D eigenvalue weighted by Gasteiger charge is 2.13. The van der Waals surface area contributed by atoms with Crippen LogP contribution in [0.4, 0.5) is 15.8 Å². The molecule has 0 aliphatic carbocycles. The Hall–Kier alpha value is -4.40. The molecule has 3 N–H and O–H groups in total. The molecular weight excluding hydrogens is 451 g/mol. The highest BCUT2D eigenvalue weighted by molar-refractivity contribution is 6.24. The summed E-state index contributed by atoms with van der Waals surface area (Å²) < 4.78 is 13.3. The summed E-state index contributed by atoms with van der Waals surface area (Å²) in [5.74, 6) is -1.06. The number of nitroso groups, excluding NO2 is 1. The van der Waals surface area contributed by atoms with E-state index in [4.69, 9.17) is 0 Å². The molecule has 1 heterocycles. The van der Waals surface area contributed by atoms with Gasteiger partial charge in [0, 0.05) is 37.0 Å². The van der Waals surface area contributed by atoms with Crippen molar-refractivity contribution in [3.63, 3.8) is 0 Å². The minimum atomic E-state index is -0.384. The quantitative estimate of drug-likeness (QED) is 0.152. The van der Waals surface area contributed by atoms with Gasteiger partial charge in [0.15, 0.2) is 0 Å². The highest BCUT2D eigenvalue weighted by Crippen LogP contribution is 2.29. The summed E-state index contributed by atoms with van der Waals surface area (Å²) in [6, 6.07) is 13.2. The summed E-state index contributed by atoms with van der Waals surface area (Å²) in [6.07, 6.45) is 7.14. The van der Waals surface area contributed by atoms with Gasteiger partial charge in [0.1, 0.15) is 17.3 Å². The van der Waals surface area contributed by atoms with Crippen LogP contribution in [0.1, 0.15) is 36.8 Å². The number of nitrogens with one attached hydrogen (secondary N) is 2. The fraction of sp³-hybridized carbons (Fsp3) is 0.192. The zero-order valence-electron chi connectivity index (χ0n) is 18.9. The first-order valence-electron chi connectivity index (χ1n) is 11.1. The SMILES string of the molecule is O=Nc1cc(O)ccc1NC(=O)CCCCCNC(=O)/C(=C\c1ccncc1)c1ccc(F)cc1. The molecule has 0 radical (unpaired) electrons. The van der Waals surface area contributed by atoms with Gasteiger partial charge in [-0.3, -0.25) is 14.6 Å². The van der Waals surface area contributed by atoms with Gasteiger partial charge in [0.05, 0.1) is 5.69 Å². The van der Waals surface area contributed by atoms with Gasteiger partial charge >= 0.3 is 0 Å². The van der Waals surface area contributed by atoms with E-state index in [1.807, 2.05) is 0 Å². The van der Waals surface area contributed by atoms with Gasteiger partial charge in [-0.15, -0.1) is 4.91 Å². The first-order valence-corrected chi connectivity index (χ1v) is 11.1. The largest absolute Gasteiger partial charge is 0.508 e. The van der Waals surface area contributed by atoms with Gasteiger partial charge in [-0.2, -0.15) is 0 Å². The van der Waals surface area contributed by atoms with E-state index in [1.54, 1.807) is 42.7 Å². The normalized spacial score (nSPS) is 11.1. The number of hydrogen-bond acceptors (Lipinski definition) is 6. The molecule has 0 spiro atoms. The first kappa shape index (κ1) is 25.2. The molecule has 2 aromatic carbocycles. The number of aromatic nitrogens is 1. The van der Waals surface area contributed by atoms with Crippen LogP contribution in [0.25, 0.3) is 11.6 Å². The number of aromatic hydroxyl groups is 1. The van der Waals surface area contributed by atoms with Gasteiger partial charge in [-0.05, 0) is 71.6 Å². The van der Waals surface area contributed by atoms with E-state index in [-0.39, 0.29) is 41.2 Å². The zero-order valence-corrected chi connectivity index (χ0v) is 18.9. The van der Waals surface area contributed by atoms with E-state index in [1.165, 1.54) is 30.3 Å². The van der Waals surface area contributed by atoms with Gasteiger partial charge in [0.25, 0.3) is 5.91 Å². The van der Waals surface area contributed by atoms with Crippen LogP contribution in [-0.2, 0) is 9.59 Å². The Morgan fingerprint density at radius 3 is 2.46 bits per heavy atom. The predicted octanol–water partition coefficient (Wildman–Crippen LogP) is 5.18. The van der Waals surface area contributed by atoms with E-state index in [2.05, 4.69) is 20.8 Å². The number of carbonyl (C=O) groups is 2. The molecule has 1 aromatic heterocycles. The van der Waals surface area contributed by atoms with Crippen molar-refractivity contribution >= 4 is 34.8 Å². The average molecular weight is 477 g/mol. The topological polar surface area (TPSA) is 121 Å². The molecule has 0 unspecified atom stereocenters. The number of pyridine rings is 1. The number of phenolic OH excluding ortho intramolecular Hbond substituents is 1. The minimum absolute atomic E-state index is 0.0437. The van der Waals surface area contributed by atoms with Crippen molar-refractivity contribution in [3.05, 3.63) is 88.8 Å². The van der Waals surface area contributed by atoms with Crippen LogP contribution in [0.15, 0.2) is 72.2 Å². The average Bonchev–Trinajstić information content (AvgIpc) is 2.86. The number of rotatable bonds is 11. The Bertz CT molecular complexity index is 1200. The van der Waals surface area contributed by atoms with Crippen LogP contribution in [0.3, 0.4) is 0 Å². The number of nitrogens with zero attached hydrogens (tertiary/aromatic N) is 2. The number of benzene rings is 2. The van der Waals surface area contributed by atoms with Crippen LogP contribution in [-0.4, -0.2) is 28.4 Å². The monoisotopic (exact) mass is 476 g/mol. The van der Waals surface area contributed by atoms with Crippen LogP contribution in [0, 0.1) is 10.7 Å². The minimum Gasteiger partial charge on any atom is -0.508 e. The van der Waals surface area contributed by atoms with E-state index in [0.29, 0.717) is 36.9 Å². The summed E-state index contributed by atoms with van der Waals surface area (Å²) in [5, 5.41) is 17.7. The Labute approximate surface area is 201 Å². The molecule has 0 atom stereocenters. The lowest BCUT2D eigenvalue weighted by Gasteiger charge is -2.10.